The van der Waals surface area contributed by atoms with E-state index >= 15 is 0 Å². The molecular weight excluding hydrogens is 398 g/mol. The number of ether oxygens (including phenoxy) is 1. The minimum Gasteiger partial charge on any atom is -0.383 e. The Balaban J connectivity index is 1.76. The number of carbonyl (C=O) groups excluding carboxylic acids is 1. The van der Waals surface area contributed by atoms with Crippen LogP contribution in [0.5, 0.6) is 0 Å². The lowest BCUT2D eigenvalue weighted by Crippen LogP contribution is -2.37. The summed E-state index contributed by atoms with van der Waals surface area (Å²) >= 11 is 6.33. The summed E-state index contributed by atoms with van der Waals surface area (Å²) in [5, 5.41) is 3.78. The Kier molecular flexibility index (Phi) is 7.55. The Labute approximate surface area is 183 Å². The van der Waals surface area contributed by atoms with E-state index < -0.39 is 0 Å². The molecule has 1 aromatic heterocycles. The summed E-state index contributed by atoms with van der Waals surface area (Å²) in [6, 6.07) is 17.7. The molecule has 0 saturated carbocycles. The number of anilines is 1. The van der Waals surface area contributed by atoms with E-state index in [2.05, 4.69) is 16.0 Å². The average molecular weight is 426 g/mol. The Morgan fingerprint density at radius 1 is 1.13 bits per heavy atom. The van der Waals surface area contributed by atoms with Gasteiger partial charge in [-0.15, -0.1) is 0 Å². The van der Waals surface area contributed by atoms with E-state index in [-0.39, 0.29) is 6.03 Å². The number of aromatic nitrogens is 1. The van der Waals surface area contributed by atoms with Gasteiger partial charge in [0.25, 0.3) is 0 Å². The molecule has 1 N–H and O–H groups in total. The van der Waals surface area contributed by atoms with Crippen molar-refractivity contribution in [1.29, 1.82) is 0 Å². The third-order valence-corrected chi connectivity index (χ3v) is 5.42. The van der Waals surface area contributed by atoms with Crippen LogP contribution in [0.3, 0.4) is 0 Å². The first kappa shape index (κ1) is 21.9. The van der Waals surface area contributed by atoms with Gasteiger partial charge >= 0.3 is 6.03 Å². The predicted octanol–water partition coefficient (Wildman–Crippen LogP) is 5.49. The smallest absolute Gasteiger partial charge is 0.322 e. The highest BCUT2D eigenvalue weighted by molar-refractivity contribution is 6.31. The minimum absolute atomic E-state index is 0.149. The monoisotopic (exact) mass is 425 g/mol. The van der Waals surface area contributed by atoms with Crippen LogP contribution >= 0.6 is 11.6 Å². The van der Waals surface area contributed by atoms with Crippen molar-refractivity contribution in [3.05, 3.63) is 88.2 Å². The maximum Gasteiger partial charge on any atom is 0.322 e. The number of carbonyl (C=O) groups is 1. The fourth-order valence-corrected chi connectivity index (χ4v) is 3.55. The lowest BCUT2D eigenvalue weighted by atomic mass is 10.1. The molecule has 2 amide bonds. The second-order valence-electron chi connectivity index (χ2n) is 7.38. The quantitative estimate of drug-likeness (QED) is 0.518. The molecule has 1 heterocycles. The van der Waals surface area contributed by atoms with E-state index in [0.717, 1.165) is 27.5 Å². The van der Waals surface area contributed by atoms with Crippen LogP contribution in [0.1, 0.15) is 22.4 Å². The summed E-state index contributed by atoms with van der Waals surface area (Å²) in [5.41, 5.74) is 5.09. The van der Waals surface area contributed by atoms with Crippen molar-refractivity contribution in [2.75, 3.05) is 25.6 Å². The normalized spacial score (nSPS) is 10.8. The predicted molar refractivity (Wildman–Crippen MR) is 122 cm³/mol. The molecule has 5 nitrogen and oxygen atoms in total. The molecular formula is C24H28ClN3O2. The Bertz CT molecular complexity index is 1000. The van der Waals surface area contributed by atoms with E-state index in [1.807, 2.05) is 68.6 Å². The van der Waals surface area contributed by atoms with Gasteiger partial charge in [-0.25, -0.2) is 4.79 Å². The molecule has 3 rings (SSSR count). The van der Waals surface area contributed by atoms with E-state index in [1.54, 1.807) is 12.0 Å². The number of nitrogens with zero attached hydrogens (tertiary/aromatic N) is 2. The molecule has 0 fully saturated rings. The van der Waals surface area contributed by atoms with Crippen molar-refractivity contribution in [3.8, 4) is 0 Å². The highest BCUT2D eigenvalue weighted by Gasteiger charge is 2.17. The van der Waals surface area contributed by atoms with Gasteiger partial charge in [-0.05, 0) is 49.2 Å². The van der Waals surface area contributed by atoms with E-state index in [1.165, 1.54) is 5.56 Å². The molecule has 2 aromatic carbocycles. The van der Waals surface area contributed by atoms with Gasteiger partial charge in [0.1, 0.15) is 0 Å². The fourth-order valence-electron chi connectivity index (χ4n) is 3.35. The zero-order valence-corrected chi connectivity index (χ0v) is 18.4. The Morgan fingerprint density at radius 2 is 1.93 bits per heavy atom. The molecule has 0 aliphatic carbocycles. The average Bonchev–Trinajstić information content (AvgIpc) is 3.15. The van der Waals surface area contributed by atoms with Gasteiger partial charge in [0.15, 0.2) is 0 Å². The van der Waals surface area contributed by atoms with Gasteiger partial charge in [0, 0.05) is 42.8 Å². The van der Waals surface area contributed by atoms with Crippen LogP contribution in [0, 0.1) is 13.8 Å². The summed E-state index contributed by atoms with van der Waals surface area (Å²) in [4.78, 5) is 14.8. The van der Waals surface area contributed by atoms with Gasteiger partial charge in [0.05, 0.1) is 13.2 Å². The van der Waals surface area contributed by atoms with Crippen LogP contribution in [0.4, 0.5) is 10.5 Å². The van der Waals surface area contributed by atoms with Crippen molar-refractivity contribution < 1.29 is 9.53 Å². The third kappa shape index (κ3) is 5.65. The molecule has 0 bridgehead atoms. The molecule has 3 aromatic rings. The van der Waals surface area contributed by atoms with E-state index in [0.29, 0.717) is 26.2 Å². The number of amides is 2. The minimum atomic E-state index is -0.149. The molecule has 30 heavy (non-hydrogen) atoms. The number of methoxy groups -OCH3 is 1. The SMILES string of the molecule is COCCN(Cc1cccn1Cc1ccccc1Cl)C(=O)Nc1ccc(C)cc1C. The first-order valence-corrected chi connectivity index (χ1v) is 10.3. The number of hydrogen-bond acceptors (Lipinski definition) is 2. The molecule has 6 heteroatoms. The summed E-state index contributed by atoms with van der Waals surface area (Å²) in [6.45, 7) is 6.11. The number of halogens is 1. The second kappa shape index (κ2) is 10.3. The molecule has 0 radical (unpaired) electrons. The Morgan fingerprint density at radius 3 is 2.67 bits per heavy atom. The standard InChI is InChI=1S/C24H28ClN3O2/c1-18-10-11-23(19(2)15-18)26-24(29)28(13-14-30-3)17-21-8-6-12-27(21)16-20-7-4-5-9-22(20)25/h4-12,15H,13-14,16-17H2,1-3H3,(H,26,29). The van der Waals surface area contributed by atoms with Crippen LogP contribution in [-0.4, -0.2) is 35.8 Å². The zero-order chi connectivity index (χ0) is 21.5. The van der Waals surface area contributed by atoms with Gasteiger partial charge < -0.3 is 19.5 Å². The van der Waals surface area contributed by atoms with Crippen LogP contribution < -0.4 is 5.32 Å². The fraction of sp³-hybridized carbons (Fsp3) is 0.292. The first-order chi connectivity index (χ1) is 14.5. The maximum absolute atomic E-state index is 13.0. The largest absolute Gasteiger partial charge is 0.383 e. The third-order valence-electron chi connectivity index (χ3n) is 5.05. The molecule has 0 spiro atoms. The Hall–Kier alpha value is -2.76. The second-order valence-corrected chi connectivity index (χ2v) is 7.79. The number of nitrogens with one attached hydrogen (secondary N) is 1. The van der Waals surface area contributed by atoms with Crippen molar-refractivity contribution in [3.63, 3.8) is 0 Å². The van der Waals surface area contributed by atoms with Crippen molar-refractivity contribution in [1.82, 2.24) is 9.47 Å². The van der Waals surface area contributed by atoms with Crippen molar-refractivity contribution >= 4 is 23.3 Å². The van der Waals surface area contributed by atoms with Crippen LogP contribution in [0.2, 0.25) is 5.02 Å². The summed E-state index contributed by atoms with van der Waals surface area (Å²) in [7, 11) is 1.64. The molecule has 0 aliphatic rings. The van der Waals surface area contributed by atoms with E-state index in [9.17, 15) is 4.79 Å². The van der Waals surface area contributed by atoms with Gasteiger partial charge in [0.2, 0.25) is 0 Å². The molecule has 0 saturated heterocycles. The summed E-state index contributed by atoms with van der Waals surface area (Å²) < 4.78 is 7.34. The number of hydrogen-bond donors (Lipinski definition) is 1. The molecule has 0 atom stereocenters. The molecule has 0 unspecified atom stereocenters. The maximum atomic E-state index is 13.0. The summed E-state index contributed by atoms with van der Waals surface area (Å²) in [6.07, 6.45) is 2.01. The van der Waals surface area contributed by atoms with E-state index in [4.69, 9.17) is 16.3 Å². The number of aryl methyl sites for hydroxylation is 2. The van der Waals surface area contributed by atoms with Crippen LogP contribution in [0.25, 0.3) is 0 Å². The van der Waals surface area contributed by atoms with Crippen LogP contribution in [0.15, 0.2) is 60.8 Å². The first-order valence-electron chi connectivity index (χ1n) is 9.97. The van der Waals surface area contributed by atoms with Crippen molar-refractivity contribution in [2.24, 2.45) is 0 Å². The van der Waals surface area contributed by atoms with Gasteiger partial charge in [-0.3, -0.25) is 0 Å². The highest BCUT2D eigenvalue weighted by Crippen LogP contribution is 2.19. The number of urea groups is 1. The lowest BCUT2D eigenvalue weighted by Gasteiger charge is -2.24. The van der Waals surface area contributed by atoms with Gasteiger partial charge in [-0.1, -0.05) is 47.5 Å². The van der Waals surface area contributed by atoms with Crippen molar-refractivity contribution in [2.45, 2.75) is 26.9 Å². The summed E-state index contributed by atoms with van der Waals surface area (Å²) in [5.74, 6) is 0. The lowest BCUT2D eigenvalue weighted by molar-refractivity contribution is 0.152. The zero-order valence-electron chi connectivity index (χ0n) is 17.7. The number of rotatable bonds is 8. The number of benzene rings is 2. The topological polar surface area (TPSA) is 46.5 Å². The molecule has 158 valence electrons. The molecule has 0 aliphatic heterocycles. The van der Waals surface area contributed by atoms with Crippen LogP contribution in [-0.2, 0) is 17.8 Å². The highest BCUT2D eigenvalue weighted by atomic mass is 35.5. The van der Waals surface area contributed by atoms with Gasteiger partial charge in [-0.2, -0.15) is 0 Å².